The van der Waals surface area contributed by atoms with E-state index in [4.69, 9.17) is 23.2 Å². The third-order valence-electron chi connectivity index (χ3n) is 3.52. The molecular formula is C13H14Cl2N2O4. The van der Waals surface area contributed by atoms with Gasteiger partial charge in [-0.2, -0.15) is 0 Å². The second-order valence-corrected chi connectivity index (χ2v) is 5.78. The minimum Gasteiger partial charge on any atom is -0.396 e. The summed E-state index contributed by atoms with van der Waals surface area (Å²) in [7, 11) is 0. The quantitative estimate of drug-likeness (QED) is 0.681. The predicted molar refractivity (Wildman–Crippen MR) is 78.8 cm³/mol. The Labute approximate surface area is 131 Å². The molecule has 1 atom stereocenters. The Hall–Kier alpha value is -1.37. The Morgan fingerprint density at radius 1 is 1.48 bits per heavy atom. The van der Waals surface area contributed by atoms with Crippen molar-refractivity contribution in [3.63, 3.8) is 0 Å². The van der Waals surface area contributed by atoms with Crippen molar-refractivity contribution in [1.82, 2.24) is 4.90 Å². The standard InChI is InChI=1S/C13H14Cl2N2O4/c14-10-4-9(5-11(12(10)15)17(20)21)13(19)16-3-1-2-8(6-16)7-18/h4-5,8,18H,1-3,6-7H2. The number of rotatable bonds is 3. The van der Waals surface area contributed by atoms with Crippen molar-refractivity contribution in [2.24, 2.45) is 5.92 Å². The molecule has 1 fully saturated rings. The predicted octanol–water partition coefficient (Wildman–Crippen LogP) is 2.75. The highest BCUT2D eigenvalue weighted by Crippen LogP contribution is 2.33. The topological polar surface area (TPSA) is 83.7 Å². The maximum atomic E-state index is 12.4. The molecule has 114 valence electrons. The van der Waals surface area contributed by atoms with Crippen LogP contribution in [0.15, 0.2) is 12.1 Å². The minimum absolute atomic E-state index is 0.0191. The van der Waals surface area contributed by atoms with Crippen LogP contribution < -0.4 is 0 Å². The van der Waals surface area contributed by atoms with Crippen molar-refractivity contribution >= 4 is 34.8 Å². The molecule has 0 radical (unpaired) electrons. The maximum absolute atomic E-state index is 12.4. The number of nitro groups is 1. The molecule has 1 aromatic rings. The van der Waals surface area contributed by atoms with Crippen molar-refractivity contribution in [2.75, 3.05) is 19.7 Å². The molecule has 0 spiro atoms. The lowest BCUT2D eigenvalue weighted by atomic mass is 9.98. The van der Waals surface area contributed by atoms with E-state index in [-0.39, 0.29) is 39.7 Å². The second kappa shape index (κ2) is 6.60. The van der Waals surface area contributed by atoms with Gasteiger partial charge in [0, 0.05) is 31.3 Å². The largest absolute Gasteiger partial charge is 0.396 e. The number of hydrogen-bond donors (Lipinski definition) is 1. The van der Waals surface area contributed by atoms with Gasteiger partial charge in [-0.1, -0.05) is 23.2 Å². The van der Waals surface area contributed by atoms with Crippen LogP contribution in [0, 0.1) is 16.0 Å². The molecule has 0 bridgehead atoms. The number of likely N-dealkylation sites (tertiary alicyclic amines) is 1. The first-order valence-corrected chi connectivity index (χ1v) is 7.23. The van der Waals surface area contributed by atoms with Gasteiger partial charge in [0.25, 0.3) is 11.6 Å². The number of aliphatic hydroxyl groups is 1. The van der Waals surface area contributed by atoms with Crippen LogP contribution in [0.25, 0.3) is 0 Å². The molecule has 2 rings (SSSR count). The van der Waals surface area contributed by atoms with E-state index in [9.17, 15) is 20.0 Å². The molecule has 1 unspecified atom stereocenters. The van der Waals surface area contributed by atoms with Crippen LogP contribution in [0.3, 0.4) is 0 Å². The number of aliphatic hydroxyl groups excluding tert-OH is 1. The van der Waals surface area contributed by atoms with E-state index in [0.29, 0.717) is 13.1 Å². The van der Waals surface area contributed by atoms with Gasteiger partial charge >= 0.3 is 0 Å². The summed E-state index contributed by atoms with van der Waals surface area (Å²) in [6.07, 6.45) is 1.65. The van der Waals surface area contributed by atoms with Gasteiger partial charge in [0.2, 0.25) is 0 Å². The van der Waals surface area contributed by atoms with Gasteiger partial charge in [0.1, 0.15) is 5.02 Å². The number of halogens is 2. The Morgan fingerprint density at radius 2 is 2.19 bits per heavy atom. The summed E-state index contributed by atoms with van der Waals surface area (Å²) in [5.74, 6) is -0.296. The number of piperidine rings is 1. The Bertz CT molecular complexity index is 580. The van der Waals surface area contributed by atoms with Crippen LogP contribution in [0.4, 0.5) is 5.69 Å². The van der Waals surface area contributed by atoms with Crippen molar-refractivity contribution in [3.05, 3.63) is 37.9 Å². The summed E-state index contributed by atoms with van der Waals surface area (Å²) >= 11 is 11.6. The zero-order valence-corrected chi connectivity index (χ0v) is 12.6. The zero-order chi connectivity index (χ0) is 15.6. The third-order valence-corrected chi connectivity index (χ3v) is 4.31. The second-order valence-electron chi connectivity index (χ2n) is 4.99. The van der Waals surface area contributed by atoms with Crippen LogP contribution in [0.2, 0.25) is 10.0 Å². The summed E-state index contributed by atoms with van der Waals surface area (Å²) < 4.78 is 0. The maximum Gasteiger partial charge on any atom is 0.290 e. The highest BCUT2D eigenvalue weighted by atomic mass is 35.5. The number of nitro benzene ring substituents is 1. The monoisotopic (exact) mass is 332 g/mol. The summed E-state index contributed by atoms with van der Waals surface area (Å²) in [6.45, 7) is 1.01. The van der Waals surface area contributed by atoms with Gasteiger partial charge in [0.05, 0.1) is 9.95 Å². The molecule has 1 aromatic carbocycles. The molecule has 1 saturated heterocycles. The third kappa shape index (κ3) is 3.45. The fourth-order valence-electron chi connectivity index (χ4n) is 2.41. The molecule has 1 N–H and O–H groups in total. The Kier molecular flexibility index (Phi) is 5.03. The minimum atomic E-state index is -0.669. The van der Waals surface area contributed by atoms with E-state index in [1.165, 1.54) is 6.07 Å². The van der Waals surface area contributed by atoms with Crippen LogP contribution in [0.5, 0.6) is 0 Å². The average Bonchev–Trinajstić information content (AvgIpc) is 2.48. The van der Waals surface area contributed by atoms with Crippen molar-refractivity contribution in [2.45, 2.75) is 12.8 Å². The van der Waals surface area contributed by atoms with Crippen LogP contribution in [0.1, 0.15) is 23.2 Å². The van der Waals surface area contributed by atoms with E-state index in [1.54, 1.807) is 4.90 Å². The van der Waals surface area contributed by atoms with Crippen LogP contribution in [-0.2, 0) is 0 Å². The molecular weight excluding hydrogens is 319 g/mol. The van der Waals surface area contributed by atoms with Gasteiger partial charge in [-0.15, -0.1) is 0 Å². The molecule has 6 nitrogen and oxygen atoms in total. The van der Waals surface area contributed by atoms with E-state index in [1.807, 2.05) is 0 Å². The number of benzene rings is 1. The first-order valence-electron chi connectivity index (χ1n) is 6.47. The van der Waals surface area contributed by atoms with E-state index in [0.717, 1.165) is 18.9 Å². The zero-order valence-electron chi connectivity index (χ0n) is 11.1. The number of nitrogens with zero attached hydrogens (tertiary/aromatic N) is 2. The Balaban J connectivity index is 2.29. The van der Waals surface area contributed by atoms with Crippen molar-refractivity contribution in [3.8, 4) is 0 Å². The lowest BCUT2D eigenvalue weighted by molar-refractivity contribution is -0.384. The molecule has 0 aromatic heterocycles. The summed E-state index contributed by atoms with van der Waals surface area (Å²) in [6, 6.07) is 2.47. The summed E-state index contributed by atoms with van der Waals surface area (Å²) in [5.41, 5.74) is -0.252. The summed E-state index contributed by atoms with van der Waals surface area (Å²) in [4.78, 5) is 24.3. The van der Waals surface area contributed by atoms with Crippen molar-refractivity contribution in [1.29, 1.82) is 0 Å². The number of amides is 1. The lowest BCUT2D eigenvalue weighted by Gasteiger charge is -2.31. The summed E-state index contributed by atoms with van der Waals surface area (Å²) in [5, 5.41) is 19.9. The Morgan fingerprint density at radius 3 is 2.81 bits per heavy atom. The number of carbonyl (C=O) groups excluding carboxylic acids is 1. The van der Waals surface area contributed by atoms with E-state index >= 15 is 0 Å². The normalized spacial score (nSPS) is 18.6. The number of carbonyl (C=O) groups is 1. The van der Waals surface area contributed by atoms with Gasteiger partial charge in [-0.25, -0.2) is 0 Å². The molecule has 1 amide bonds. The smallest absolute Gasteiger partial charge is 0.290 e. The molecule has 1 aliphatic rings. The lowest BCUT2D eigenvalue weighted by Crippen LogP contribution is -2.40. The fourth-order valence-corrected chi connectivity index (χ4v) is 2.80. The van der Waals surface area contributed by atoms with Gasteiger partial charge < -0.3 is 10.0 Å². The molecule has 0 saturated carbocycles. The first kappa shape index (κ1) is 16.0. The van der Waals surface area contributed by atoms with E-state index < -0.39 is 4.92 Å². The van der Waals surface area contributed by atoms with Crippen LogP contribution in [-0.4, -0.2) is 40.5 Å². The van der Waals surface area contributed by atoms with E-state index in [2.05, 4.69) is 0 Å². The highest BCUT2D eigenvalue weighted by Gasteiger charge is 2.27. The number of hydrogen-bond acceptors (Lipinski definition) is 4. The fraction of sp³-hybridized carbons (Fsp3) is 0.462. The van der Waals surface area contributed by atoms with Gasteiger partial charge in [-0.3, -0.25) is 14.9 Å². The SMILES string of the molecule is O=C(c1cc(Cl)c(Cl)c([N+](=O)[O-])c1)N1CCCC(CO)C1. The van der Waals surface area contributed by atoms with Crippen molar-refractivity contribution < 1.29 is 14.8 Å². The average molecular weight is 333 g/mol. The van der Waals surface area contributed by atoms with Crippen LogP contribution >= 0.6 is 23.2 Å². The van der Waals surface area contributed by atoms with Gasteiger partial charge in [-0.05, 0) is 24.8 Å². The molecule has 1 heterocycles. The highest BCUT2D eigenvalue weighted by molar-refractivity contribution is 6.43. The molecule has 0 aliphatic carbocycles. The first-order chi connectivity index (χ1) is 9.93. The molecule has 8 heteroatoms. The van der Waals surface area contributed by atoms with Gasteiger partial charge in [0.15, 0.2) is 0 Å². The molecule has 21 heavy (non-hydrogen) atoms. The molecule has 1 aliphatic heterocycles.